The van der Waals surface area contributed by atoms with Crippen molar-refractivity contribution in [2.24, 2.45) is 0 Å². The number of carbonyl (C=O) groups excluding carboxylic acids is 2. The topological polar surface area (TPSA) is 61.4 Å². The predicted octanol–water partition coefficient (Wildman–Crippen LogP) is 5.28. The highest BCUT2D eigenvalue weighted by Gasteiger charge is 2.26. The Morgan fingerprint density at radius 2 is 1.80 bits per heavy atom. The average molecular weight is 421 g/mol. The third-order valence-electron chi connectivity index (χ3n) is 4.80. The molecule has 3 amide bonds. The van der Waals surface area contributed by atoms with Gasteiger partial charge in [-0.25, -0.2) is 9.18 Å². The van der Waals surface area contributed by atoms with Crippen molar-refractivity contribution in [3.63, 3.8) is 0 Å². The highest BCUT2D eigenvalue weighted by Crippen LogP contribution is 2.42. The quantitative estimate of drug-likeness (QED) is 0.603. The van der Waals surface area contributed by atoms with Gasteiger partial charge in [-0.15, -0.1) is 0 Å². The summed E-state index contributed by atoms with van der Waals surface area (Å²) < 4.78 is 13.7. The van der Waals surface area contributed by atoms with Crippen LogP contribution in [0.4, 0.5) is 20.6 Å². The third-order valence-corrected chi connectivity index (χ3v) is 5.94. The third kappa shape index (κ3) is 4.02. The largest absolute Gasteiger partial charge is 0.334 e. The molecule has 152 valence electrons. The molecule has 0 unspecified atom stereocenters. The Morgan fingerprint density at radius 1 is 1.03 bits per heavy atom. The Kier molecular flexibility index (Phi) is 5.72. The highest BCUT2D eigenvalue weighted by molar-refractivity contribution is 7.99. The summed E-state index contributed by atoms with van der Waals surface area (Å²) >= 11 is 1.53. The number of carbonyl (C=O) groups is 2. The van der Waals surface area contributed by atoms with Crippen molar-refractivity contribution in [3.05, 3.63) is 83.7 Å². The summed E-state index contributed by atoms with van der Waals surface area (Å²) in [4.78, 5) is 28.9. The lowest BCUT2D eigenvalue weighted by Gasteiger charge is -2.22. The van der Waals surface area contributed by atoms with Gasteiger partial charge in [0.05, 0.1) is 11.3 Å². The molecular weight excluding hydrogens is 401 g/mol. The monoisotopic (exact) mass is 421 g/mol. The van der Waals surface area contributed by atoms with Gasteiger partial charge in [0.25, 0.3) is 5.91 Å². The van der Waals surface area contributed by atoms with Crippen molar-refractivity contribution >= 4 is 35.1 Å². The van der Waals surface area contributed by atoms with E-state index in [1.165, 1.54) is 17.8 Å². The van der Waals surface area contributed by atoms with Gasteiger partial charge >= 0.3 is 6.03 Å². The van der Waals surface area contributed by atoms with Gasteiger partial charge in [-0.3, -0.25) is 4.79 Å². The van der Waals surface area contributed by atoms with E-state index in [1.54, 1.807) is 35.2 Å². The molecule has 1 aliphatic rings. The Morgan fingerprint density at radius 3 is 2.60 bits per heavy atom. The van der Waals surface area contributed by atoms with E-state index in [-0.39, 0.29) is 18.3 Å². The fraction of sp³-hybridized carbons (Fsp3) is 0.130. The van der Waals surface area contributed by atoms with Crippen molar-refractivity contribution < 1.29 is 14.0 Å². The molecule has 2 N–H and O–H groups in total. The summed E-state index contributed by atoms with van der Waals surface area (Å²) in [5.41, 5.74) is 2.37. The second-order valence-electron chi connectivity index (χ2n) is 6.73. The normalized spacial score (nSPS) is 12.6. The molecule has 0 saturated carbocycles. The van der Waals surface area contributed by atoms with E-state index in [2.05, 4.69) is 10.6 Å². The Bertz CT molecular complexity index is 1120. The van der Waals surface area contributed by atoms with Gasteiger partial charge in [0.1, 0.15) is 5.82 Å². The predicted molar refractivity (Wildman–Crippen MR) is 117 cm³/mol. The van der Waals surface area contributed by atoms with Crippen LogP contribution in [-0.4, -0.2) is 18.5 Å². The zero-order valence-corrected chi connectivity index (χ0v) is 17.1. The van der Waals surface area contributed by atoms with Crippen molar-refractivity contribution in [2.45, 2.75) is 23.3 Å². The molecule has 0 aromatic heterocycles. The maximum absolute atomic E-state index is 13.7. The Balaban J connectivity index is 1.53. The molecule has 30 heavy (non-hydrogen) atoms. The van der Waals surface area contributed by atoms with Crippen molar-refractivity contribution in [2.75, 3.05) is 16.8 Å². The van der Waals surface area contributed by atoms with Gasteiger partial charge in [-0.05, 0) is 43.3 Å². The van der Waals surface area contributed by atoms with Crippen LogP contribution in [0, 0.1) is 5.82 Å². The smallest absolute Gasteiger partial charge is 0.319 e. The second-order valence-corrected chi connectivity index (χ2v) is 7.81. The molecule has 3 aromatic rings. The van der Waals surface area contributed by atoms with Crippen LogP contribution in [0.25, 0.3) is 0 Å². The Hall–Kier alpha value is -3.32. The molecule has 0 atom stereocenters. The number of amides is 3. The summed E-state index contributed by atoms with van der Waals surface area (Å²) in [5.74, 6) is -0.433. The summed E-state index contributed by atoms with van der Waals surface area (Å²) in [5, 5.41) is 5.42. The van der Waals surface area contributed by atoms with Gasteiger partial charge < -0.3 is 15.5 Å². The molecule has 0 spiro atoms. The molecule has 0 radical (unpaired) electrons. The van der Waals surface area contributed by atoms with Crippen LogP contribution in [0.3, 0.4) is 0 Å². The first kappa shape index (κ1) is 20.0. The minimum Gasteiger partial charge on any atom is -0.334 e. The fourth-order valence-electron chi connectivity index (χ4n) is 3.30. The van der Waals surface area contributed by atoms with Crippen LogP contribution in [-0.2, 0) is 6.54 Å². The molecule has 1 heterocycles. The van der Waals surface area contributed by atoms with E-state index in [1.807, 2.05) is 37.3 Å². The van der Waals surface area contributed by atoms with E-state index in [9.17, 15) is 14.0 Å². The number of nitrogens with zero attached hydrogens (tertiary/aromatic N) is 1. The highest BCUT2D eigenvalue weighted by atomic mass is 32.2. The first-order chi connectivity index (χ1) is 14.6. The summed E-state index contributed by atoms with van der Waals surface area (Å²) in [6.45, 7) is 2.50. The number of hydrogen-bond donors (Lipinski definition) is 2. The zero-order chi connectivity index (χ0) is 21.1. The molecule has 0 bridgehead atoms. The summed E-state index contributed by atoms with van der Waals surface area (Å²) in [6, 6.07) is 18.9. The van der Waals surface area contributed by atoms with Crippen LogP contribution >= 0.6 is 11.8 Å². The number of rotatable bonds is 4. The summed E-state index contributed by atoms with van der Waals surface area (Å²) in [6.07, 6.45) is 0. The fourth-order valence-corrected chi connectivity index (χ4v) is 4.36. The van der Waals surface area contributed by atoms with Crippen molar-refractivity contribution in [1.82, 2.24) is 5.32 Å². The minimum atomic E-state index is -0.447. The minimum absolute atomic E-state index is 0.0690. The lowest BCUT2D eigenvalue weighted by molar-refractivity contribution is 0.0985. The van der Waals surface area contributed by atoms with Crippen LogP contribution in [0.2, 0.25) is 0 Å². The maximum atomic E-state index is 13.7. The lowest BCUT2D eigenvalue weighted by atomic mass is 10.1. The van der Waals surface area contributed by atoms with E-state index in [0.29, 0.717) is 23.4 Å². The first-order valence-electron chi connectivity index (χ1n) is 9.58. The number of hydrogen-bond acceptors (Lipinski definition) is 3. The number of benzene rings is 3. The van der Waals surface area contributed by atoms with E-state index in [0.717, 1.165) is 15.5 Å². The SMILES string of the molecule is CCN1C(=O)c2ccccc2Sc2ccc(NC(=O)NCc3ccccc3F)cc21. The van der Waals surface area contributed by atoms with Crippen LogP contribution in [0.1, 0.15) is 22.8 Å². The van der Waals surface area contributed by atoms with E-state index in [4.69, 9.17) is 0 Å². The average Bonchev–Trinajstić information content (AvgIpc) is 2.87. The van der Waals surface area contributed by atoms with Crippen LogP contribution < -0.4 is 15.5 Å². The van der Waals surface area contributed by atoms with Crippen LogP contribution in [0.15, 0.2) is 76.5 Å². The van der Waals surface area contributed by atoms with Gasteiger partial charge in [0.15, 0.2) is 0 Å². The molecule has 7 heteroatoms. The molecule has 5 nitrogen and oxygen atoms in total. The lowest BCUT2D eigenvalue weighted by Crippen LogP contribution is -2.31. The Labute approximate surface area is 178 Å². The molecule has 4 rings (SSSR count). The van der Waals surface area contributed by atoms with Gasteiger partial charge in [0, 0.05) is 34.1 Å². The van der Waals surface area contributed by atoms with Crippen molar-refractivity contribution in [1.29, 1.82) is 0 Å². The molecular formula is C23H20FN3O2S. The van der Waals surface area contributed by atoms with Crippen molar-refractivity contribution in [3.8, 4) is 0 Å². The second kappa shape index (κ2) is 8.59. The van der Waals surface area contributed by atoms with E-state index >= 15 is 0 Å². The number of anilines is 2. The standard InChI is InChI=1S/C23H20FN3O2S/c1-2-27-19-13-16(26-23(29)25-14-15-7-3-5-9-18(15)24)11-12-21(19)30-20-10-6-4-8-17(20)22(27)28/h3-13H,2,14H2,1H3,(H2,25,26,29). The maximum Gasteiger partial charge on any atom is 0.319 e. The zero-order valence-electron chi connectivity index (χ0n) is 16.3. The molecule has 3 aromatic carbocycles. The number of halogens is 1. The number of urea groups is 1. The van der Waals surface area contributed by atoms with Gasteiger partial charge in [-0.2, -0.15) is 0 Å². The molecule has 0 fully saturated rings. The number of fused-ring (bicyclic) bond motifs is 2. The molecule has 0 saturated heterocycles. The van der Waals surface area contributed by atoms with E-state index < -0.39 is 6.03 Å². The van der Waals surface area contributed by atoms with Gasteiger partial charge in [-0.1, -0.05) is 42.1 Å². The van der Waals surface area contributed by atoms with Gasteiger partial charge in [0.2, 0.25) is 0 Å². The van der Waals surface area contributed by atoms with Crippen LogP contribution in [0.5, 0.6) is 0 Å². The number of nitrogens with one attached hydrogen (secondary N) is 2. The summed E-state index contributed by atoms with van der Waals surface area (Å²) in [7, 11) is 0. The molecule has 0 aliphatic carbocycles. The first-order valence-corrected chi connectivity index (χ1v) is 10.4. The molecule has 1 aliphatic heterocycles.